The van der Waals surface area contributed by atoms with Gasteiger partial charge in [-0.1, -0.05) is 90.0 Å². The Morgan fingerprint density at radius 2 is 1.33 bits per heavy atom. The highest BCUT2D eigenvalue weighted by Crippen LogP contribution is 2.65. The van der Waals surface area contributed by atoms with Crippen molar-refractivity contribution in [3.05, 3.63) is 0 Å². The van der Waals surface area contributed by atoms with Crippen LogP contribution in [0.2, 0.25) is 0 Å². The number of nitrogens with zero attached hydrogens (tertiary/aromatic N) is 1. The highest BCUT2D eigenvalue weighted by molar-refractivity contribution is 7.85. The van der Waals surface area contributed by atoms with Crippen LogP contribution < -0.4 is 5.32 Å². The topological polar surface area (TPSA) is 156 Å². The van der Waals surface area contributed by atoms with Crippen LogP contribution in [0.25, 0.3) is 0 Å². The van der Waals surface area contributed by atoms with Crippen LogP contribution in [0.4, 0.5) is 0 Å². The monoisotopic (exact) mass is 750 g/mol. The number of amides is 1. The number of carbonyl (C=O) groups excluding carboxylic acids is 3. The quantitative estimate of drug-likeness (QED) is 0.0495. The highest BCUT2D eigenvalue weighted by Gasteiger charge is 2.66. The summed E-state index contributed by atoms with van der Waals surface area (Å²) in [5.74, 6) is -2.15. The molecule has 51 heavy (non-hydrogen) atoms. The van der Waals surface area contributed by atoms with E-state index in [0.717, 1.165) is 0 Å². The molecule has 0 aromatic heterocycles. The third-order valence-electron chi connectivity index (χ3n) is 13.2. The lowest BCUT2D eigenvalue weighted by molar-refractivity contribution is -0.890. The third kappa shape index (κ3) is 11.6. The van der Waals surface area contributed by atoms with Crippen LogP contribution in [0.15, 0.2) is 0 Å². The first-order chi connectivity index (χ1) is 22.7. The van der Waals surface area contributed by atoms with Gasteiger partial charge in [0.15, 0.2) is 0 Å². The number of carbonyl (C=O) groups is 3. The summed E-state index contributed by atoms with van der Waals surface area (Å²) in [7, 11) is -0.0190. The maximum absolute atomic E-state index is 14.4. The van der Waals surface area contributed by atoms with Gasteiger partial charge in [-0.05, 0) is 53.8 Å². The molecular weight excluding hydrogens is 673 g/mol. The molecule has 0 aliphatic carbocycles. The van der Waals surface area contributed by atoms with Gasteiger partial charge in [-0.2, -0.15) is 8.42 Å². The molecule has 0 rings (SSSR count). The van der Waals surface area contributed by atoms with E-state index in [2.05, 4.69) is 33.0 Å². The maximum atomic E-state index is 14.4. The fourth-order valence-corrected chi connectivity index (χ4v) is 8.74. The van der Waals surface area contributed by atoms with E-state index in [9.17, 15) is 27.9 Å². The smallest absolute Gasteiger partial charge is 0.312 e. The van der Waals surface area contributed by atoms with Gasteiger partial charge in [0.1, 0.15) is 6.61 Å². The van der Waals surface area contributed by atoms with Crippen molar-refractivity contribution < 1.29 is 46.4 Å². The van der Waals surface area contributed by atoms with Crippen LogP contribution >= 0.6 is 0 Å². The first kappa shape index (κ1) is 49.2. The zero-order valence-electron chi connectivity index (χ0n) is 35.4. The second-order valence-corrected chi connectivity index (χ2v) is 20.5. The largest absolute Gasteiger partial charge is 0.466 e. The van der Waals surface area contributed by atoms with Crippen molar-refractivity contribution in [2.75, 3.05) is 59.3 Å². The van der Waals surface area contributed by atoms with E-state index in [1.165, 1.54) is 0 Å². The van der Waals surface area contributed by atoms with Gasteiger partial charge in [0.05, 0.1) is 62.9 Å². The Morgan fingerprint density at radius 1 is 0.824 bits per heavy atom. The predicted octanol–water partition coefficient (Wildman–Crippen LogP) is 6.38. The van der Waals surface area contributed by atoms with Gasteiger partial charge >= 0.3 is 11.9 Å². The number of rotatable bonds is 22. The minimum atomic E-state index is -4.01. The normalized spacial score (nSPS) is 17.3. The Balaban J connectivity index is 6.87. The minimum absolute atomic E-state index is 0.100. The Morgan fingerprint density at radius 3 is 1.76 bits per heavy atom. The van der Waals surface area contributed by atoms with Gasteiger partial charge in [-0.3, -0.25) is 18.9 Å². The Labute approximate surface area is 311 Å². The number of aliphatic hydroxyl groups excluding tert-OH is 1. The van der Waals surface area contributed by atoms with E-state index in [4.69, 9.17) is 14.0 Å². The van der Waals surface area contributed by atoms with E-state index >= 15 is 0 Å². The SMILES string of the molecule is CCOC(=O)C(C(C)C(C)(C)C(C)(CC(C)C)C(=O)NCCC[N+](C)(C)CCCS(=O)(=O)O)C(C)(C)C(C)(C)C(C)(C(=O)OCCO)C(C)(C)C. The fourth-order valence-electron chi connectivity index (χ4n) is 8.25. The van der Waals surface area contributed by atoms with Crippen LogP contribution in [-0.4, -0.2) is 99.7 Å². The van der Waals surface area contributed by atoms with Crippen molar-refractivity contribution in [1.29, 1.82) is 0 Å². The van der Waals surface area contributed by atoms with Crippen molar-refractivity contribution in [3.63, 3.8) is 0 Å². The summed E-state index contributed by atoms with van der Waals surface area (Å²) in [5, 5.41) is 12.7. The van der Waals surface area contributed by atoms with Gasteiger partial charge in [0.25, 0.3) is 10.1 Å². The van der Waals surface area contributed by atoms with Gasteiger partial charge in [0, 0.05) is 19.4 Å². The zero-order chi connectivity index (χ0) is 40.7. The number of hydrogen-bond acceptors (Lipinski definition) is 8. The summed E-state index contributed by atoms with van der Waals surface area (Å²) < 4.78 is 43.4. The Kier molecular flexibility index (Phi) is 17.4. The van der Waals surface area contributed by atoms with Crippen molar-refractivity contribution in [2.24, 2.45) is 50.2 Å². The van der Waals surface area contributed by atoms with Crippen molar-refractivity contribution in [2.45, 2.75) is 123 Å². The molecule has 0 saturated heterocycles. The molecule has 1 amide bonds. The van der Waals surface area contributed by atoms with E-state index in [0.29, 0.717) is 43.4 Å². The van der Waals surface area contributed by atoms with Gasteiger partial charge in [-0.15, -0.1) is 0 Å². The molecule has 0 radical (unpaired) electrons. The molecule has 4 atom stereocenters. The second-order valence-electron chi connectivity index (χ2n) is 18.9. The van der Waals surface area contributed by atoms with Crippen LogP contribution in [0.3, 0.4) is 0 Å². The Hall–Kier alpha value is -1.76. The average Bonchev–Trinajstić information content (AvgIpc) is 2.95. The van der Waals surface area contributed by atoms with E-state index in [1.807, 2.05) is 83.3 Å². The molecule has 0 bridgehead atoms. The van der Waals surface area contributed by atoms with E-state index < -0.39 is 60.4 Å². The molecule has 0 aliphatic rings. The second kappa shape index (κ2) is 18.0. The van der Waals surface area contributed by atoms with E-state index in [-0.39, 0.29) is 43.4 Å². The van der Waals surface area contributed by atoms with Crippen LogP contribution in [-0.2, 0) is 34.0 Å². The van der Waals surface area contributed by atoms with Gasteiger partial charge in [0.2, 0.25) is 5.91 Å². The molecule has 4 unspecified atom stereocenters. The highest BCUT2D eigenvalue weighted by atomic mass is 32.2. The molecule has 0 saturated carbocycles. The molecular formula is C39H77N2O9S+. The maximum Gasteiger partial charge on any atom is 0.312 e. The molecule has 0 aromatic rings. The molecule has 11 nitrogen and oxygen atoms in total. The van der Waals surface area contributed by atoms with Crippen molar-refractivity contribution in [3.8, 4) is 0 Å². The number of esters is 2. The molecule has 0 heterocycles. The number of ether oxygens (including phenoxy) is 2. The summed E-state index contributed by atoms with van der Waals surface area (Å²) in [6.07, 6.45) is 1.58. The number of hydrogen-bond donors (Lipinski definition) is 3. The molecule has 0 fully saturated rings. The molecule has 3 N–H and O–H groups in total. The summed E-state index contributed by atoms with van der Waals surface area (Å²) in [6, 6.07) is 0. The van der Waals surface area contributed by atoms with Crippen LogP contribution in [0, 0.1) is 50.2 Å². The minimum Gasteiger partial charge on any atom is -0.466 e. The van der Waals surface area contributed by atoms with Crippen LogP contribution in [0.5, 0.6) is 0 Å². The average molecular weight is 750 g/mol. The number of nitrogens with one attached hydrogen (secondary N) is 1. The zero-order valence-corrected chi connectivity index (χ0v) is 36.2. The number of quaternary nitrogens is 1. The van der Waals surface area contributed by atoms with Gasteiger partial charge in [-0.25, -0.2) is 0 Å². The van der Waals surface area contributed by atoms with E-state index in [1.54, 1.807) is 6.92 Å². The van der Waals surface area contributed by atoms with Crippen LogP contribution in [0.1, 0.15) is 123 Å². The summed E-state index contributed by atoms with van der Waals surface area (Å²) in [4.78, 5) is 42.6. The standard InChI is InChI=1S/C39H76N2O9S/c1-18-49-31(43)30(36(10,11)37(12,13)39(15,34(5,6)7)33(45)50-25-24-42)29(4)35(8,9)38(14,27-28(2)3)32(44)40-21-19-22-41(16,17)23-20-26-51(46,47)48/h28-30,42H,18-27H2,1-17H3,(H-,40,44,46,47,48)/p+1. The third-order valence-corrected chi connectivity index (χ3v) is 14.0. The Bertz CT molecular complexity index is 1270. The summed E-state index contributed by atoms with van der Waals surface area (Å²) in [5.41, 5.74) is -5.09. The molecule has 302 valence electrons. The summed E-state index contributed by atoms with van der Waals surface area (Å²) >= 11 is 0. The van der Waals surface area contributed by atoms with Gasteiger partial charge < -0.3 is 24.4 Å². The lowest BCUT2D eigenvalue weighted by atomic mass is 9.42. The molecule has 12 heteroatoms. The predicted molar refractivity (Wildman–Crippen MR) is 204 cm³/mol. The molecule has 0 aliphatic heterocycles. The molecule has 0 aromatic carbocycles. The summed E-state index contributed by atoms with van der Waals surface area (Å²) in [6.45, 7) is 31.4. The first-order valence-electron chi connectivity index (χ1n) is 18.7. The fraction of sp³-hybridized carbons (Fsp3) is 0.923. The lowest BCUT2D eigenvalue weighted by Gasteiger charge is -2.61. The van der Waals surface area contributed by atoms with Crippen molar-refractivity contribution in [1.82, 2.24) is 5.32 Å². The van der Waals surface area contributed by atoms with Crippen molar-refractivity contribution >= 4 is 28.0 Å². The number of aliphatic hydroxyl groups is 1. The first-order valence-corrected chi connectivity index (χ1v) is 20.4. The lowest BCUT2D eigenvalue weighted by Crippen LogP contribution is -2.62. The molecule has 0 spiro atoms.